The highest BCUT2D eigenvalue weighted by Gasteiger charge is 2.04. The lowest BCUT2D eigenvalue weighted by Crippen LogP contribution is -2.26. The highest BCUT2D eigenvalue weighted by atomic mass is 35.5. The molecule has 0 aromatic carbocycles. The van der Waals surface area contributed by atoms with Gasteiger partial charge in [-0.3, -0.25) is 4.79 Å². The van der Waals surface area contributed by atoms with Crippen LogP contribution in [0.4, 0.5) is 0 Å². The summed E-state index contributed by atoms with van der Waals surface area (Å²) in [5, 5.41) is 2.78. The second kappa shape index (κ2) is 6.47. The summed E-state index contributed by atoms with van der Waals surface area (Å²) in [4.78, 5) is 10.5. The van der Waals surface area contributed by atoms with E-state index in [4.69, 9.17) is 11.6 Å². The number of carbonyl (C=O) groups is 1. The van der Waals surface area contributed by atoms with Crippen molar-refractivity contribution < 1.29 is 4.79 Å². The fraction of sp³-hybridized carbons (Fsp3) is 0.875. The lowest BCUT2D eigenvalue weighted by Gasteiger charge is -2.12. The Labute approximate surface area is 73.3 Å². The number of alkyl halides is 1. The highest BCUT2D eigenvalue weighted by molar-refractivity contribution is 6.17. The molecule has 1 unspecified atom stereocenters. The molecule has 66 valence electrons. The minimum atomic E-state index is 0.0398. The third-order valence-electron chi connectivity index (χ3n) is 1.73. The van der Waals surface area contributed by atoms with E-state index in [-0.39, 0.29) is 5.91 Å². The van der Waals surface area contributed by atoms with Crippen molar-refractivity contribution in [1.82, 2.24) is 5.32 Å². The number of halogens is 1. The first-order chi connectivity index (χ1) is 5.20. The minimum absolute atomic E-state index is 0.0398. The molecule has 1 atom stereocenters. The van der Waals surface area contributed by atoms with Crippen LogP contribution in [-0.2, 0) is 4.79 Å². The summed E-state index contributed by atoms with van der Waals surface area (Å²) in [6.07, 6.45) is 2.06. The molecule has 0 saturated heterocycles. The summed E-state index contributed by atoms with van der Waals surface area (Å²) in [6.45, 7) is 4.41. The molecular formula is C8H16ClNO. The van der Waals surface area contributed by atoms with Crippen molar-refractivity contribution in [2.24, 2.45) is 5.92 Å². The van der Waals surface area contributed by atoms with Crippen molar-refractivity contribution in [2.45, 2.75) is 26.7 Å². The van der Waals surface area contributed by atoms with Gasteiger partial charge in [-0.25, -0.2) is 0 Å². The van der Waals surface area contributed by atoms with E-state index >= 15 is 0 Å². The number of nitrogens with one attached hydrogen (secondary N) is 1. The molecule has 0 bridgehead atoms. The van der Waals surface area contributed by atoms with Gasteiger partial charge in [0.1, 0.15) is 0 Å². The van der Waals surface area contributed by atoms with Crippen LogP contribution in [0.15, 0.2) is 0 Å². The first-order valence-electron chi connectivity index (χ1n) is 4.01. The number of amides is 1. The van der Waals surface area contributed by atoms with Crippen LogP contribution in [0.5, 0.6) is 0 Å². The average molecular weight is 178 g/mol. The van der Waals surface area contributed by atoms with E-state index in [1.807, 2.05) is 0 Å². The largest absolute Gasteiger partial charge is 0.356 e. The first-order valence-corrected chi connectivity index (χ1v) is 4.54. The van der Waals surface area contributed by atoms with Gasteiger partial charge in [0.15, 0.2) is 0 Å². The Bertz CT molecular complexity index is 117. The molecule has 11 heavy (non-hydrogen) atoms. The van der Waals surface area contributed by atoms with Gasteiger partial charge in [0.05, 0.1) is 0 Å². The summed E-state index contributed by atoms with van der Waals surface area (Å²) in [5.41, 5.74) is 0. The van der Waals surface area contributed by atoms with Crippen molar-refractivity contribution in [3.05, 3.63) is 0 Å². The lowest BCUT2D eigenvalue weighted by molar-refractivity contribution is -0.119. The molecule has 0 fully saturated rings. The van der Waals surface area contributed by atoms with Crippen molar-refractivity contribution in [3.63, 3.8) is 0 Å². The second-order valence-electron chi connectivity index (χ2n) is 2.69. The monoisotopic (exact) mass is 177 g/mol. The lowest BCUT2D eigenvalue weighted by atomic mass is 10.0. The zero-order chi connectivity index (χ0) is 8.69. The molecule has 0 aromatic rings. The van der Waals surface area contributed by atoms with Gasteiger partial charge < -0.3 is 5.32 Å². The van der Waals surface area contributed by atoms with Crippen LogP contribution in [0, 0.1) is 5.92 Å². The van der Waals surface area contributed by atoms with E-state index in [0.29, 0.717) is 11.8 Å². The van der Waals surface area contributed by atoms with E-state index in [1.54, 1.807) is 0 Å². The number of hydrogen-bond donors (Lipinski definition) is 1. The number of carbonyl (C=O) groups excluding carboxylic acids is 1. The Morgan fingerprint density at radius 1 is 1.64 bits per heavy atom. The average Bonchev–Trinajstić information content (AvgIpc) is 1.97. The van der Waals surface area contributed by atoms with Gasteiger partial charge >= 0.3 is 0 Å². The van der Waals surface area contributed by atoms with Crippen LogP contribution in [0.25, 0.3) is 0 Å². The van der Waals surface area contributed by atoms with E-state index < -0.39 is 0 Å². The van der Waals surface area contributed by atoms with Crippen LogP contribution in [0.1, 0.15) is 26.7 Å². The Kier molecular flexibility index (Phi) is 6.33. The molecule has 0 aliphatic carbocycles. The number of hydrogen-bond acceptors (Lipinski definition) is 1. The maximum atomic E-state index is 10.5. The van der Waals surface area contributed by atoms with E-state index in [9.17, 15) is 4.79 Å². The molecule has 0 heterocycles. The summed E-state index contributed by atoms with van der Waals surface area (Å²) in [5.74, 6) is 1.26. The van der Waals surface area contributed by atoms with Gasteiger partial charge in [0, 0.05) is 19.3 Å². The molecule has 3 heteroatoms. The fourth-order valence-electron chi connectivity index (χ4n) is 0.893. The van der Waals surface area contributed by atoms with Crippen LogP contribution in [0.2, 0.25) is 0 Å². The van der Waals surface area contributed by atoms with Crippen LogP contribution in [0.3, 0.4) is 0 Å². The Morgan fingerprint density at radius 2 is 2.27 bits per heavy atom. The normalized spacial score (nSPS) is 12.6. The standard InChI is InChI=1S/C8H16ClNO/c1-3-8(4-5-9)6-10-7(2)11/h8H,3-6H2,1-2H3,(H,10,11). The van der Waals surface area contributed by atoms with E-state index in [2.05, 4.69) is 12.2 Å². The Morgan fingerprint density at radius 3 is 2.64 bits per heavy atom. The summed E-state index contributed by atoms with van der Waals surface area (Å²) in [6, 6.07) is 0. The van der Waals surface area contributed by atoms with Gasteiger partial charge in [-0.2, -0.15) is 0 Å². The van der Waals surface area contributed by atoms with Gasteiger partial charge in [-0.05, 0) is 12.3 Å². The highest BCUT2D eigenvalue weighted by Crippen LogP contribution is 2.07. The molecule has 0 aliphatic rings. The molecule has 0 saturated carbocycles. The smallest absolute Gasteiger partial charge is 0.216 e. The van der Waals surface area contributed by atoms with Crippen LogP contribution >= 0.6 is 11.6 Å². The quantitative estimate of drug-likeness (QED) is 0.638. The Hall–Kier alpha value is -0.240. The zero-order valence-electron chi connectivity index (χ0n) is 7.19. The van der Waals surface area contributed by atoms with Crippen LogP contribution < -0.4 is 5.32 Å². The third kappa shape index (κ3) is 6.17. The molecule has 0 rings (SSSR count). The summed E-state index contributed by atoms with van der Waals surface area (Å²) >= 11 is 5.58. The third-order valence-corrected chi connectivity index (χ3v) is 1.95. The topological polar surface area (TPSA) is 29.1 Å². The molecule has 1 amide bonds. The summed E-state index contributed by atoms with van der Waals surface area (Å²) < 4.78 is 0. The SMILES string of the molecule is CCC(CCCl)CNC(C)=O. The second-order valence-corrected chi connectivity index (χ2v) is 3.07. The maximum absolute atomic E-state index is 10.5. The predicted octanol–water partition coefficient (Wildman–Crippen LogP) is 1.78. The molecule has 0 aromatic heterocycles. The van der Waals surface area contributed by atoms with Crippen molar-refractivity contribution in [2.75, 3.05) is 12.4 Å². The summed E-state index contributed by atoms with van der Waals surface area (Å²) in [7, 11) is 0. The van der Waals surface area contributed by atoms with Gasteiger partial charge in [0.25, 0.3) is 0 Å². The molecule has 1 N–H and O–H groups in total. The van der Waals surface area contributed by atoms with Gasteiger partial charge in [0.2, 0.25) is 5.91 Å². The minimum Gasteiger partial charge on any atom is -0.356 e. The molecule has 2 nitrogen and oxygen atoms in total. The van der Waals surface area contributed by atoms with Crippen molar-refractivity contribution >= 4 is 17.5 Å². The van der Waals surface area contributed by atoms with Gasteiger partial charge in [-0.15, -0.1) is 11.6 Å². The van der Waals surface area contributed by atoms with Gasteiger partial charge in [-0.1, -0.05) is 13.3 Å². The van der Waals surface area contributed by atoms with Crippen molar-refractivity contribution in [3.8, 4) is 0 Å². The van der Waals surface area contributed by atoms with E-state index in [1.165, 1.54) is 6.92 Å². The van der Waals surface area contributed by atoms with Crippen molar-refractivity contribution in [1.29, 1.82) is 0 Å². The van der Waals surface area contributed by atoms with E-state index in [0.717, 1.165) is 19.4 Å². The molecule has 0 radical (unpaired) electrons. The Balaban J connectivity index is 3.43. The predicted molar refractivity (Wildman–Crippen MR) is 47.8 cm³/mol. The molecule has 0 aliphatic heterocycles. The molecular weight excluding hydrogens is 162 g/mol. The van der Waals surface area contributed by atoms with Crippen LogP contribution in [-0.4, -0.2) is 18.3 Å². The zero-order valence-corrected chi connectivity index (χ0v) is 7.95. The maximum Gasteiger partial charge on any atom is 0.216 e. The number of rotatable bonds is 5. The first kappa shape index (κ1) is 10.8. The molecule has 0 spiro atoms. The fourth-order valence-corrected chi connectivity index (χ4v) is 1.20.